The summed E-state index contributed by atoms with van der Waals surface area (Å²) in [5.41, 5.74) is 0.544. The molecule has 1 aromatic rings. The van der Waals surface area contributed by atoms with Crippen molar-refractivity contribution >= 4 is 39.4 Å². The van der Waals surface area contributed by atoms with Gasteiger partial charge >= 0.3 is 5.97 Å². The molecular formula is C14H16BrNO3S. The lowest BCUT2D eigenvalue weighted by molar-refractivity contribution is -0.144. The van der Waals surface area contributed by atoms with Crippen LogP contribution in [0.4, 0.5) is 0 Å². The fourth-order valence-electron chi connectivity index (χ4n) is 2.02. The van der Waals surface area contributed by atoms with Crippen LogP contribution in [0, 0.1) is 0 Å². The number of thioether (sulfide) groups is 1. The van der Waals surface area contributed by atoms with E-state index in [9.17, 15) is 9.59 Å². The summed E-state index contributed by atoms with van der Waals surface area (Å²) in [7, 11) is 0. The largest absolute Gasteiger partial charge is 0.456 e. The van der Waals surface area contributed by atoms with Crippen LogP contribution in [0.3, 0.4) is 0 Å². The SMILES string of the molecule is CSC1CNC(C(=O)OCC(=O)c2ccc(Br)cc2)C1. The normalized spacial score (nSPS) is 21.7. The minimum Gasteiger partial charge on any atom is -0.456 e. The molecule has 0 aliphatic carbocycles. The maximum atomic E-state index is 11.9. The summed E-state index contributed by atoms with van der Waals surface area (Å²) in [6.07, 6.45) is 2.78. The molecule has 2 rings (SSSR count). The van der Waals surface area contributed by atoms with Crippen LogP contribution in [-0.2, 0) is 9.53 Å². The van der Waals surface area contributed by atoms with Crippen LogP contribution in [0.15, 0.2) is 28.7 Å². The molecule has 6 heteroatoms. The molecule has 0 spiro atoms. The van der Waals surface area contributed by atoms with Crippen molar-refractivity contribution in [3.05, 3.63) is 34.3 Å². The van der Waals surface area contributed by atoms with E-state index in [1.54, 1.807) is 36.0 Å². The van der Waals surface area contributed by atoms with Gasteiger partial charge in [-0.25, -0.2) is 0 Å². The Labute approximate surface area is 130 Å². The van der Waals surface area contributed by atoms with Crippen LogP contribution < -0.4 is 5.32 Å². The lowest BCUT2D eigenvalue weighted by atomic mass is 10.1. The zero-order valence-electron chi connectivity index (χ0n) is 11.1. The highest BCUT2D eigenvalue weighted by Crippen LogP contribution is 2.19. The van der Waals surface area contributed by atoms with Crippen molar-refractivity contribution in [2.45, 2.75) is 17.7 Å². The molecule has 2 unspecified atom stereocenters. The smallest absolute Gasteiger partial charge is 0.323 e. The summed E-state index contributed by atoms with van der Waals surface area (Å²) in [6, 6.07) is 6.70. The molecule has 20 heavy (non-hydrogen) atoms. The van der Waals surface area contributed by atoms with Gasteiger partial charge < -0.3 is 10.1 Å². The van der Waals surface area contributed by atoms with E-state index >= 15 is 0 Å². The number of nitrogens with one attached hydrogen (secondary N) is 1. The number of hydrogen-bond acceptors (Lipinski definition) is 5. The van der Waals surface area contributed by atoms with Crippen LogP contribution in [0.25, 0.3) is 0 Å². The molecule has 0 saturated carbocycles. The van der Waals surface area contributed by atoms with Crippen LogP contribution in [-0.4, -0.2) is 42.5 Å². The van der Waals surface area contributed by atoms with Gasteiger partial charge in [0.1, 0.15) is 6.04 Å². The van der Waals surface area contributed by atoms with E-state index in [4.69, 9.17) is 4.74 Å². The first-order valence-electron chi connectivity index (χ1n) is 6.31. The molecule has 1 N–H and O–H groups in total. The molecule has 1 saturated heterocycles. The van der Waals surface area contributed by atoms with E-state index in [-0.39, 0.29) is 24.4 Å². The fourth-order valence-corrected chi connectivity index (χ4v) is 2.93. The van der Waals surface area contributed by atoms with Crippen LogP contribution in [0.5, 0.6) is 0 Å². The number of ketones is 1. The zero-order valence-corrected chi connectivity index (χ0v) is 13.5. The van der Waals surface area contributed by atoms with Gasteiger partial charge in [0.15, 0.2) is 12.4 Å². The van der Waals surface area contributed by atoms with Crippen molar-refractivity contribution in [2.24, 2.45) is 0 Å². The number of carbonyl (C=O) groups is 2. The third-order valence-corrected chi connectivity index (χ3v) is 4.77. The fraction of sp³-hybridized carbons (Fsp3) is 0.429. The Morgan fingerprint density at radius 3 is 2.70 bits per heavy atom. The highest BCUT2D eigenvalue weighted by atomic mass is 79.9. The molecule has 1 fully saturated rings. The van der Waals surface area contributed by atoms with Crippen molar-refractivity contribution in [1.29, 1.82) is 0 Å². The number of ether oxygens (including phenoxy) is 1. The van der Waals surface area contributed by atoms with Gasteiger partial charge in [0.25, 0.3) is 0 Å². The molecule has 1 aliphatic heterocycles. The first kappa shape index (κ1) is 15.5. The minimum absolute atomic E-state index is 0.190. The van der Waals surface area contributed by atoms with Gasteiger partial charge in [0.2, 0.25) is 0 Å². The lowest BCUT2D eigenvalue weighted by Gasteiger charge is -2.10. The van der Waals surface area contributed by atoms with E-state index in [0.717, 1.165) is 17.4 Å². The molecule has 0 bridgehead atoms. The number of hydrogen-bond donors (Lipinski definition) is 1. The van der Waals surface area contributed by atoms with Crippen molar-refractivity contribution in [1.82, 2.24) is 5.32 Å². The predicted molar refractivity (Wildman–Crippen MR) is 83.1 cm³/mol. The summed E-state index contributed by atoms with van der Waals surface area (Å²) in [6.45, 7) is 0.601. The van der Waals surface area contributed by atoms with Gasteiger partial charge in [0, 0.05) is 21.8 Å². The van der Waals surface area contributed by atoms with Crippen molar-refractivity contribution in [2.75, 3.05) is 19.4 Å². The van der Waals surface area contributed by atoms with Crippen molar-refractivity contribution in [3.63, 3.8) is 0 Å². The van der Waals surface area contributed by atoms with Gasteiger partial charge in [-0.2, -0.15) is 11.8 Å². The molecule has 0 amide bonds. The second-order valence-corrected chi connectivity index (χ2v) is 6.65. The summed E-state index contributed by atoms with van der Waals surface area (Å²) in [5.74, 6) is -0.530. The Hall–Kier alpha value is -0.850. The summed E-state index contributed by atoms with van der Waals surface area (Å²) >= 11 is 5.04. The molecule has 2 atom stereocenters. The third kappa shape index (κ3) is 4.07. The maximum Gasteiger partial charge on any atom is 0.323 e. The van der Waals surface area contributed by atoms with E-state index in [1.807, 2.05) is 6.26 Å². The molecule has 1 aromatic carbocycles. The number of rotatable bonds is 5. The Morgan fingerprint density at radius 1 is 1.40 bits per heavy atom. The Morgan fingerprint density at radius 2 is 2.10 bits per heavy atom. The lowest BCUT2D eigenvalue weighted by Crippen LogP contribution is -2.33. The zero-order chi connectivity index (χ0) is 14.5. The first-order valence-corrected chi connectivity index (χ1v) is 8.40. The van der Waals surface area contributed by atoms with Gasteiger partial charge in [-0.05, 0) is 24.8 Å². The number of esters is 1. The minimum atomic E-state index is -0.341. The van der Waals surface area contributed by atoms with E-state index in [1.165, 1.54) is 0 Å². The Balaban J connectivity index is 1.81. The van der Waals surface area contributed by atoms with Crippen molar-refractivity contribution in [3.8, 4) is 0 Å². The molecule has 4 nitrogen and oxygen atoms in total. The van der Waals surface area contributed by atoms with Crippen LogP contribution >= 0.6 is 27.7 Å². The molecule has 1 aliphatic rings. The predicted octanol–water partition coefficient (Wildman–Crippen LogP) is 2.27. The highest BCUT2D eigenvalue weighted by molar-refractivity contribution is 9.10. The highest BCUT2D eigenvalue weighted by Gasteiger charge is 2.30. The number of carbonyl (C=O) groups excluding carboxylic acids is 2. The molecule has 0 aromatic heterocycles. The third-order valence-electron chi connectivity index (χ3n) is 3.22. The first-order chi connectivity index (χ1) is 9.60. The Kier molecular flexibility index (Phi) is 5.63. The molecular weight excluding hydrogens is 342 g/mol. The monoisotopic (exact) mass is 357 g/mol. The van der Waals surface area contributed by atoms with Gasteiger partial charge in [-0.1, -0.05) is 28.1 Å². The summed E-state index contributed by atoms with van der Waals surface area (Å²) < 4.78 is 6.00. The van der Waals surface area contributed by atoms with Gasteiger partial charge in [0.05, 0.1) is 0 Å². The topological polar surface area (TPSA) is 55.4 Å². The van der Waals surface area contributed by atoms with Crippen LogP contribution in [0.2, 0.25) is 0 Å². The van der Waals surface area contributed by atoms with E-state index in [0.29, 0.717) is 10.8 Å². The second-order valence-electron chi connectivity index (χ2n) is 4.59. The van der Waals surface area contributed by atoms with Gasteiger partial charge in [-0.15, -0.1) is 0 Å². The molecule has 108 valence electrons. The number of Topliss-reactive ketones (excluding diaryl/α,β-unsaturated/α-hetero) is 1. The Bertz CT molecular complexity index is 492. The summed E-state index contributed by atoms with van der Waals surface area (Å²) in [5, 5.41) is 3.56. The van der Waals surface area contributed by atoms with E-state index < -0.39 is 0 Å². The standard InChI is InChI=1S/C14H16BrNO3S/c1-20-11-6-12(16-7-11)14(18)19-8-13(17)9-2-4-10(15)5-3-9/h2-5,11-12,16H,6-8H2,1H3. The number of benzene rings is 1. The molecule has 1 heterocycles. The summed E-state index contributed by atoms with van der Waals surface area (Å²) in [4.78, 5) is 23.7. The second kappa shape index (κ2) is 7.24. The quantitative estimate of drug-likeness (QED) is 0.647. The molecule has 0 radical (unpaired) electrons. The average molecular weight is 358 g/mol. The van der Waals surface area contributed by atoms with Crippen molar-refractivity contribution < 1.29 is 14.3 Å². The average Bonchev–Trinajstić information content (AvgIpc) is 2.94. The van der Waals surface area contributed by atoms with E-state index in [2.05, 4.69) is 21.2 Å². The van der Waals surface area contributed by atoms with Gasteiger partial charge in [-0.3, -0.25) is 9.59 Å². The maximum absolute atomic E-state index is 11.9. The number of halogens is 1. The van der Waals surface area contributed by atoms with Crippen LogP contribution in [0.1, 0.15) is 16.8 Å².